The van der Waals surface area contributed by atoms with E-state index in [1.807, 2.05) is 0 Å². The van der Waals surface area contributed by atoms with Crippen molar-refractivity contribution in [3.63, 3.8) is 0 Å². The highest BCUT2D eigenvalue weighted by Crippen LogP contribution is 2.01. The van der Waals surface area contributed by atoms with E-state index in [0.29, 0.717) is 12.3 Å². The van der Waals surface area contributed by atoms with Gasteiger partial charge in [0, 0.05) is 6.20 Å². The molecule has 0 aliphatic carbocycles. The molecular weight excluding hydrogens is 184 g/mol. The molecule has 0 atom stereocenters. The van der Waals surface area contributed by atoms with Crippen LogP contribution in [0, 0.1) is 0 Å². The Morgan fingerprint density at radius 1 is 1.57 bits per heavy atom. The summed E-state index contributed by atoms with van der Waals surface area (Å²) in [6.45, 7) is 2.04. The SMILES string of the molecule is CCOC(=O)c1nnc2cccnn12. The van der Waals surface area contributed by atoms with Crippen molar-refractivity contribution in [1.82, 2.24) is 19.8 Å². The standard InChI is InChI=1S/C8H8N4O2/c1-2-14-8(13)7-11-10-6-4-3-5-9-12(6)7/h3-5H,2H2,1H3. The maximum absolute atomic E-state index is 11.3. The minimum atomic E-state index is -0.515. The van der Waals surface area contributed by atoms with Gasteiger partial charge in [0.1, 0.15) is 0 Å². The first-order valence-corrected chi connectivity index (χ1v) is 4.16. The van der Waals surface area contributed by atoms with Crippen LogP contribution < -0.4 is 0 Å². The highest BCUT2D eigenvalue weighted by atomic mass is 16.5. The molecule has 0 bridgehead atoms. The molecule has 0 saturated heterocycles. The summed E-state index contributed by atoms with van der Waals surface area (Å²) in [5.41, 5.74) is 0.524. The Kier molecular flexibility index (Phi) is 2.10. The first-order chi connectivity index (χ1) is 6.83. The van der Waals surface area contributed by atoms with Gasteiger partial charge >= 0.3 is 5.97 Å². The Balaban J connectivity index is 2.47. The lowest BCUT2D eigenvalue weighted by Gasteiger charge is -1.97. The van der Waals surface area contributed by atoms with Gasteiger partial charge in [0.2, 0.25) is 0 Å². The van der Waals surface area contributed by atoms with Gasteiger partial charge in [-0.05, 0) is 19.1 Å². The fourth-order valence-corrected chi connectivity index (χ4v) is 1.07. The monoisotopic (exact) mass is 192 g/mol. The molecule has 0 radical (unpaired) electrons. The Labute approximate surface area is 79.5 Å². The van der Waals surface area contributed by atoms with Crippen LogP contribution in [0.3, 0.4) is 0 Å². The minimum Gasteiger partial charge on any atom is -0.460 e. The third-order valence-corrected chi connectivity index (χ3v) is 1.64. The van der Waals surface area contributed by atoms with Gasteiger partial charge in [0.05, 0.1) is 6.61 Å². The van der Waals surface area contributed by atoms with Crippen molar-refractivity contribution in [1.29, 1.82) is 0 Å². The minimum absolute atomic E-state index is 0.0995. The molecule has 0 amide bonds. The van der Waals surface area contributed by atoms with Crippen LogP contribution in [0.2, 0.25) is 0 Å². The van der Waals surface area contributed by atoms with Crippen molar-refractivity contribution in [3.05, 3.63) is 24.2 Å². The number of hydrogen-bond acceptors (Lipinski definition) is 5. The van der Waals surface area contributed by atoms with Crippen molar-refractivity contribution < 1.29 is 9.53 Å². The summed E-state index contributed by atoms with van der Waals surface area (Å²) >= 11 is 0. The Hall–Kier alpha value is -1.98. The number of carbonyl (C=O) groups is 1. The topological polar surface area (TPSA) is 69.4 Å². The van der Waals surface area contributed by atoms with Crippen LogP contribution in [0.25, 0.3) is 5.65 Å². The second-order valence-corrected chi connectivity index (χ2v) is 2.54. The average Bonchev–Trinajstić information content (AvgIpc) is 2.61. The van der Waals surface area contributed by atoms with Crippen molar-refractivity contribution in [2.75, 3.05) is 6.61 Å². The second-order valence-electron chi connectivity index (χ2n) is 2.54. The lowest BCUT2D eigenvalue weighted by molar-refractivity contribution is 0.0509. The molecule has 6 heteroatoms. The van der Waals surface area contributed by atoms with Crippen LogP contribution >= 0.6 is 0 Å². The zero-order valence-corrected chi connectivity index (χ0v) is 7.54. The molecule has 2 aromatic rings. The van der Waals surface area contributed by atoms with Crippen LogP contribution in [0.15, 0.2) is 18.3 Å². The lowest BCUT2D eigenvalue weighted by Crippen LogP contribution is -2.10. The van der Waals surface area contributed by atoms with Crippen LogP contribution in [-0.2, 0) is 4.74 Å². The quantitative estimate of drug-likeness (QED) is 0.640. The molecule has 0 N–H and O–H groups in total. The first-order valence-electron chi connectivity index (χ1n) is 4.16. The van der Waals surface area contributed by atoms with E-state index in [4.69, 9.17) is 4.74 Å². The van der Waals surface area contributed by atoms with Crippen LogP contribution in [0.4, 0.5) is 0 Å². The number of fused-ring (bicyclic) bond motifs is 1. The predicted molar refractivity (Wildman–Crippen MR) is 46.7 cm³/mol. The molecule has 2 rings (SSSR count). The summed E-state index contributed by atoms with van der Waals surface area (Å²) in [6, 6.07) is 3.43. The highest BCUT2D eigenvalue weighted by Gasteiger charge is 2.15. The van der Waals surface area contributed by atoms with Gasteiger partial charge in [-0.15, -0.1) is 10.2 Å². The number of nitrogens with zero attached hydrogens (tertiary/aromatic N) is 4. The maximum atomic E-state index is 11.3. The third-order valence-electron chi connectivity index (χ3n) is 1.64. The summed E-state index contributed by atoms with van der Waals surface area (Å²) in [5, 5.41) is 11.4. The molecule has 6 nitrogen and oxygen atoms in total. The van der Waals surface area contributed by atoms with Gasteiger partial charge in [-0.1, -0.05) is 0 Å². The third kappa shape index (κ3) is 1.30. The summed E-state index contributed by atoms with van der Waals surface area (Å²) in [5.74, 6) is -0.416. The van der Waals surface area contributed by atoms with E-state index in [1.165, 1.54) is 4.52 Å². The lowest BCUT2D eigenvalue weighted by atomic mass is 10.5. The summed E-state index contributed by atoms with van der Waals surface area (Å²) < 4.78 is 6.14. The van der Waals surface area contributed by atoms with Gasteiger partial charge < -0.3 is 4.74 Å². The zero-order valence-electron chi connectivity index (χ0n) is 7.54. The van der Waals surface area contributed by atoms with E-state index in [9.17, 15) is 4.79 Å². The maximum Gasteiger partial charge on any atom is 0.378 e. The van der Waals surface area contributed by atoms with E-state index in [1.54, 1.807) is 25.3 Å². The number of carbonyl (C=O) groups excluding carboxylic acids is 1. The molecule has 72 valence electrons. The van der Waals surface area contributed by atoms with E-state index < -0.39 is 5.97 Å². The number of rotatable bonds is 2. The van der Waals surface area contributed by atoms with Crippen molar-refractivity contribution in [2.24, 2.45) is 0 Å². The van der Waals surface area contributed by atoms with Crippen LogP contribution in [0.5, 0.6) is 0 Å². The van der Waals surface area contributed by atoms with Crippen molar-refractivity contribution in [3.8, 4) is 0 Å². The normalized spacial score (nSPS) is 10.4. The molecule has 2 heterocycles. The number of hydrogen-bond donors (Lipinski definition) is 0. The smallest absolute Gasteiger partial charge is 0.378 e. The summed E-state index contributed by atoms with van der Waals surface area (Å²) in [6.07, 6.45) is 1.55. The van der Waals surface area contributed by atoms with Gasteiger partial charge in [0.15, 0.2) is 5.65 Å². The molecule has 0 unspecified atom stereocenters. The van der Waals surface area contributed by atoms with Gasteiger partial charge in [-0.2, -0.15) is 9.61 Å². The van der Waals surface area contributed by atoms with Gasteiger partial charge in [-0.25, -0.2) is 4.79 Å². The Morgan fingerprint density at radius 3 is 3.21 bits per heavy atom. The molecule has 0 aromatic carbocycles. The molecule has 0 saturated carbocycles. The van der Waals surface area contributed by atoms with E-state index >= 15 is 0 Å². The van der Waals surface area contributed by atoms with Crippen LogP contribution in [0.1, 0.15) is 17.5 Å². The second kappa shape index (κ2) is 3.41. The average molecular weight is 192 g/mol. The molecule has 0 aliphatic heterocycles. The fourth-order valence-electron chi connectivity index (χ4n) is 1.07. The van der Waals surface area contributed by atoms with Gasteiger partial charge in [-0.3, -0.25) is 0 Å². The zero-order chi connectivity index (χ0) is 9.97. The van der Waals surface area contributed by atoms with Crippen LogP contribution in [-0.4, -0.2) is 32.4 Å². The predicted octanol–water partition coefficient (Wildman–Crippen LogP) is 0.301. The number of ether oxygens (including phenoxy) is 1. The molecule has 14 heavy (non-hydrogen) atoms. The highest BCUT2D eigenvalue weighted by molar-refractivity contribution is 5.85. The molecule has 0 fully saturated rings. The summed E-state index contributed by atoms with van der Waals surface area (Å²) in [7, 11) is 0. The fraction of sp³-hybridized carbons (Fsp3) is 0.250. The molecule has 0 aliphatic rings. The first kappa shape index (κ1) is 8.61. The largest absolute Gasteiger partial charge is 0.460 e. The summed E-state index contributed by atoms with van der Waals surface area (Å²) in [4.78, 5) is 11.3. The number of aromatic nitrogens is 4. The van der Waals surface area contributed by atoms with E-state index in [2.05, 4.69) is 15.3 Å². The van der Waals surface area contributed by atoms with Crippen molar-refractivity contribution in [2.45, 2.75) is 6.92 Å². The Bertz CT molecular complexity index is 465. The molecule has 0 spiro atoms. The van der Waals surface area contributed by atoms with Crippen molar-refractivity contribution >= 4 is 11.6 Å². The van der Waals surface area contributed by atoms with Gasteiger partial charge in [0.25, 0.3) is 5.82 Å². The molecule has 2 aromatic heterocycles. The van der Waals surface area contributed by atoms with E-state index in [0.717, 1.165) is 0 Å². The number of esters is 1. The molecular formula is C8H8N4O2. The Morgan fingerprint density at radius 2 is 2.43 bits per heavy atom. The van der Waals surface area contributed by atoms with E-state index in [-0.39, 0.29) is 5.82 Å².